The third-order valence-corrected chi connectivity index (χ3v) is 2.61. The van der Waals surface area contributed by atoms with Crippen LogP contribution in [0.5, 0.6) is 0 Å². The van der Waals surface area contributed by atoms with Gasteiger partial charge in [0, 0.05) is 42.5 Å². The van der Waals surface area contributed by atoms with Crippen LogP contribution >= 0.6 is 0 Å². The van der Waals surface area contributed by atoms with Crippen molar-refractivity contribution in [3.63, 3.8) is 0 Å². The molecule has 1 saturated heterocycles. The number of azide groups is 1. The van der Waals surface area contributed by atoms with Crippen LogP contribution in [0.1, 0.15) is 18.4 Å². The molecular formula is C11H14N6. The Morgan fingerprint density at radius 3 is 2.71 bits per heavy atom. The minimum absolute atomic E-state index is 0.352. The molecule has 2 heterocycles. The lowest BCUT2D eigenvalue weighted by Gasteiger charge is -2.14. The molecule has 0 unspecified atom stereocenters. The summed E-state index contributed by atoms with van der Waals surface area (Å²) in [5.41, 5.74) is 9.03. The van der Waals surface area contributed by atoms with Crippen molar-refractivity contribution in [3.05, 3.63) is 34.5 Å². The predicted molar refractivity (Wildman–Crippen MR) is 66.5 cm³/mol. The number of nitrogens with zero attached hydrogens (tertiary/aromatic N) is 6. The largest absolute Gasteiger partial charge is 0.341 e. The fourth-order valence-corrected chi connectivity index (χ4v) is 1.77. The average Bonchev–Trinajstić information content (AvgIpc) is 2.89. The van der Waals surface area contributed by atoms with Gasteiger partial charge in [-0.15, -0.1) is 0 Å². The van der Waals surface area contributed by atoms with Gasteiger partial charge >= 0.3 is 0 Å². The van der Waals surface area contributed by atoms with E-state index in [2.05, 4.69) is 24.9 Å². The lowest BCUT2D eigenvalue weighted by molar-refractivity contribution is 0.897. The number of anilines is 1. The fraction of sp³-hybridized carbons (Fsp3) is 0.455. The van der Waals surface area contributed by atoms with Gasteiger partial charge in [0.2, 0.25) is 5.95 Å². The van der Waals surface area contributed by atoms with Gasteiger partial charge in [0.1, 0.15) is 0 Å². The molecule has 0 N–H and O–H groups in total. The van der Waals surface area contributed by atoms with Crippen LogP contribution in [0.2, 0.25) is 0 Å². The molecule has 1 aromatic heterocycles. The molecule has 17 heavy (non-hydrogen) atoms. The minimum atomic E-state index is 0.352. The lowest BCUT2D eigenvalue weighted by atomic mass is 10.3. The van der Waals surface area contributed by atoms with Gasteiger partial charge in [-0.2, -0.15) is 0 Å². The van der Waals surface area contributed by atoms with Crippen molar-refractivity contribution in [1.29, 1.82) is 0 Å². The predicted octanol–water partition coefficient (Wildman–Crippen LogP) is 2.40. The second-order valence-electron chi connectivity index (χ2n) is 3.83. The number of rotatable bonds is 4. The summed E-state index contributed by atoms with van der Waals surface area (Å²) < 4.78 is 0. The van der Waals surface area contributed by atoms with E-state index >= 15 is 0 Å². The highest BCUT2D eigenvalue weighted by Gasteiger charge is 2.13. The molecule has 1 fully saturated rings. The smallest absolute Gasteiger partial charge is 0.225 e. The van der Waals surface area contributed by atoms with E-state index in [-0.39, 0.29) is 0 Å². The van der Waals surface area contributed by atoms with E-state index in [0.717, 1.165) is 24.6 Å². The summed E-state index contributed by atoms with van der Waals surface area (Å²) in [4.78, 5) is 13.5. The monoisotopic (exact) mass is 230 g/mol. The van der Waals surface area contributed by atoms with Crippen molar-refractivity contribution in [2.45, 2.75) is 12.8 Å². The molecule has 1 aliphatic heterocycles. The van der Waals surface area contributed by atoms with E-state index in [1.807, 2.05) is 6.08 Å². The molecule has 0 radical (unpaired) electrons. The average molecular weight is 230 g/mol. The molecule has 88 valence electrons. The summed E-state index contributed by atoms with van der Waals surface area (Å²) in [7, 11) is 0. The molecule has 0 atom stereocenters. The lowest BCUT2D eigenvalue weighted by Crippen LogP contribution is -2.20. The van der Waals surface area contributed by atoms with E-state index in [9.17, 15) is 0 Å². The SMILES string of the molecule is [N-]=[N+]=NCC=Cc1cnc(N2CCCC2)nc1. The van der Waals surface area contributed by atoms with Crippen LogP contribution in [-0.4, -0.2) is 29.6 Å². The highest BCUT2D eigenvalue weighted by Crippen LogP contribution is 2.14. The number of hydrogen-bond acceptors (Lipinski definition) is 4. The van der Waals surface area contributed by atoms with Crippen LogP contribution in [0.4, 0.5) is 5.95 Å². The van der Waals surface area contributed by atoms with E-state index < -0.39 is 0 Å². The van der Waals surface area contributed by atoms with Gasteiger partial charge in [-0.3, -0.25) is 0 Å². The molecule has 0 saturated carbocycles. The van der Waals surface area contributed by atoms with E-state index in [4.69, 9.17) is 5.53 Å². The Bertz CT molecular complexity index is 426. The maximum absolute atomic E-state index is 8.12. The highest BCUT2D eigenvalue weighted by atomic mass is 15.3. The van der Waals surface area contributed by atoms with Crippen LogP contribution < -0.4 is 4.90 Å². The number of hydrogen-bond donors (Lipinski definition) is 0. The summed E-state index contributed by atoms with van der Waals surface area (Å²) in [6, 6.07) is 0. The Hall–Kier alpha value is -2.07. The first kappa shape index (κ1) is 11.4. The minimum Gasteiger partial charge on any atom is -0.341 e. The Balaban J connectivity index is 1.97. The van der Waals surface area contributed by atoms with Gasteiger partial charge in [-0.1, -0.05) is 17.3 Å². The Morgan fingerprint density at radius 2 is 2.06 bits per heavy atom. The van der Waals surface area contributed by atoms with Gasteiger partial charge in [-0.05, 0) is 18.4 Å². The second kappa shape index (κ2) is 5.86. The maximum atomic E-state index is 8.12. The summed E-state index contributed by atoms with van der Waals surface area (Å²) in [5, 5.41) is 3.41. The van der Waals surface area contributed by atoms with Gasteiger partial charge in [0.05, 0.1) is 0 Å². The summed E-state index contributed by atoms with van der Waals surface area (Å²) in [6.45, 7) is 2.45. The number of aromatic nitrogens is 2. The maximum Gasteiger partial charge on any atom is 0.225 e. The molecule has 0 aliphatic carbocycles. The zero-order valence-corrected chi connectivity index (χ0v) is 9.53. The standard InChI is InChI=1S/C11H14N6/c12-16-15-5-3-4-10-8-13-11(14-9-10)17-6-1-2-7-17/h3-4,8-9H,1-2,5-7H2. The summed E-state index contributed by atoms with van der Waals surface area (Å²) in [6.07, 6.45) is 9.64. The normalized spacial score (nSPS) is 15.2. The van der Waals surface area contributed by atoms with Gasteiger partial charge < -0.3 is 4.90 Å². The molecule has 0 aromatic carbocycles. The van der Waals surface area contributed by atoms with Crippen molar-refractivity contribution in [3.8, 4) is 0 Å². The zero-order valence-electron chi connectivity index (χ0n) is 9.53. The molecule has 0 spiro atoms. The topological polar surface area (TPSA) is 77.8 Å². The van der Waals surface area contributed by atoms with Gasteiger partial charge in [0.25, 0.3) is 0 Å². The first-order chi connectivity index (χ1) is 8.40. The van der Waals surface area contributed by atoms with Crippen molar-refractivity contribution in [1.82, 2.24) is 9.97 Å². The van der Waals surface area contributed by atoms with E-state index in [0.29, 0.717) is 6.54 Å². The van der Waals surface area contributed by atoms with Crippen molar-refractivity contribution >= 4 is 12.0 Å². The molecule has 0 bridgehead atoms. The summed E-state index contributed by atoms with van der Waals surface area (Å²) >= 11 is 0. The first-order valence-corrected chi connectivity index (χ1v) is 5.64. The van der Waals surface area contributed by atoms with Crippen LogP contribution in [0.25, 0.3) is 16.5 Å². The third-order valence-electron chi connectivity index (χ3n) is 2.61. The second-order valence-corrected chi connectivity index (χ2v) is 3.83. The van der Waals surface area contributed by atoms with Crippen LogP contribution in [0.3, 0.4) is 0 Å². The van der Waals surface area contributed by atoms with E-state index in [1.54, 1.807) is 18.5 Å². The molecule has 6 nitrogen and oxygen atoms in total. The Labute approximate surface area is 99.6 Å². The van der Waals surface area contributed by atoms with Gasteiger partial charge in [0.15, 0.2) is 0 Å². The van der Waals surface area contributed by atoms with Crippen LogP contribution in [-0.2, 0) is 0 Å². The highest BCUT2D eigenvalue weighted by molar-refractivity contribution is 5.48. The molecular weight excluding hydrogens is 216 g/mol. The van der Waals surface area contributed by atoms with E-state index in [1.165, 1.54) is 12.8 Å². The first-order valence-electron chi connectivity index (χ1n) is 5.64. The molecule has 1 aromatic rings. The Kier molecular flexibility index (Phi) is 3.94. The Morgan fingerprint density at radius 1 is 1.35 bits per heavy atom. The van der Waals surface area contributed by atoms with Crippen molar-refractivity contribution in [2.24, 2.45) is 5.11 Å². The van der Waals surface area contributed by atoms with Gasteiger partial charge in [-0.25, -0.2) is 9.97 Å². The fourth-order valence-electron chi connectivity index (χ4n) is 1.77. The van der Waals surface area contributed by atoms with Crippen LogP contribution in [0, 0.1) is 0 Å². The molecule has 1 aliphatic rings. The third kappa shape index (κ3) is 3.19. The summed E-state index contributed by atoms with van der Waals surface area (Å²) in [5.74, 6) is 0.801. The zero-order chi connectivity index (χ0) is 11.9. The molecule has 2 rings (SSSR count). The quantitative estimate of drug-likeness (QED) is 0.452. The van der Waals surface area contributed by atoms with Crippen molar-refractivity contribution in [2.75, 3.05) is 24.5 Å². The van der Waals surface area contributed by atoms with Crippen molar-refractivity contribution < 1.29 is 0 Å². The molecule has 6 heteroatoms. The molecule has 0 amide bonds. The van der Waals surface area contributed by atoms with Crippen LogP contribution in [0.15, 0.2) is 23.6 Å².